The molecule has 0 unspecified atom stereocenters. The second kappa shape index (κ2) is 8.72. The average Bonchev–Trinajstić information content (AvgIpc) is 1.98. The lowest BCUT2D eigenvalue weighted by atomic mass is 9.96. The highest BCUT2D eigenvalue weighted by Crippen LogP contribution is 2.22. The van der Waals surface area contributed by atoms with Gasteiger partial charge in [-0.3, -0.25) is 14.4 Å². The second-order valence-corrected chi connectivity index (χ2v) is 2.76. The molecule has 0 heterocycles. The van der Waals surface area contributed by atoms with Gasteiger partial charge in [-0.25, -0.2) is 4.79 Å². The molecule has 0 aromatic carbocycles. The van der Waals surface area contributed by atoms with Gasteiger partial charge in [0.1, 0.15) is 0 Å². The van der Waals surface area contributed by atoms with Gasteiger partial charge in [-0.1, -0.05) is 0 Å². The Bertz CT molecular complexity index is 303. The van der Waals surface area contributed by atoms with E-state index < -0.39 is 41.4 Å². The van der Waals surface area contributed by atoms with Crippen LogP contribution >= 0.6 is 0 Å². The van der Waals surface area contributed by atoms with Crippen molar-refractivity contribution in [2.45, 2.75) is 18.4 Å². The smallest absolute Gasteiger partial charge is 0.337 e. The highest BCUT2D eigenvalue weighted by molar-refractivity contribution is 5.88. The van der Waals surface area contributed by atoms with Crippen molar-refractivity contribution in [3.05, 3.63) is 10.1 Å². The van der Waals surface area contributed by atoms with Crippen LogP contribution in [0.1, 0.15) is 12.8 Å². The van der Waals surface area contributed by atoms with Crippen LogP contribution in [0.3, 0.4) is 0 Å². The zero-order chi connectivity index (χ0) is 12.9. The van der Waals surface area contributed by atoms with Gasteiger partial charge in [-0.05, 0) is 0 Å². The van der Waals surface area contributed by atoms with Gasteiger partial charge in [0.05, 0.1) is 12.8 Å². The first kappa shape index (κ1) is 21.9. The summed E-state index contributed by atoms with van der Waals surface area (Å²) in [5.41, 5.74) is -2.92. The molecule has 0 amide bonds. The fourth-order valence-corrected chi connectivity index (χ4v) is 0.949. The summed E-state index contributed by atoms with van der Waals surface area (Å²) in [7, 11) is 0. The van der Waals surface area contributed by atoms with Gasteiger partial charge < -0.3 is 15.3 Å². The number of hydrogen-bond donors (Lipinski definition) is 3. The van der Waals surface area contributed by atoms with E-state index in [1.165, 1.54) is 0 Å². The largest absolute Gasteiger partial charge is 0.481 e. The molecule has 0 saturated carbocycles. The molecule has 0 spiro atoms. The lowest BCUT2D eigenvalue weighted by Gasteiger charge is -2.22. The molecule has 0 aliphatic carbocycles. The van der Waals surface area contributed by atoms with E-state index in [4.69, 9.17) is 15.3 Å². The Morgan fingerprint density at radius 2 is 1.39 bits per heavy atom. The fourth-order valence-electron chi connectivity index (χ4n) is 0.949. The third-order valence-electron chi connectivity index (χ3n) is 1.51. The number of carboxylic acid groups (broad SMARTS) is 3. The Morgan fingerprint density at radius 1 is 1.06 bits per heavy atom. The summed E-state index contributed by atoms with van der Waals surface area (Å²) < 4.78 is 0. The Hall–Kier alpha value is -1.33. The molecule has 0 aromatic heterocycles. The molecule has 0 aliphatic rings. The van der Waals surface area contributed by atoms with Gasteiger partial charge in [0.2, 0.25) is 5.60 Å². The third kappa shape index (κ3) is 7.09. The van der Waals surface area contributed by atoms with E-state index in [0.717, 1.165) is 0 Å². The standard InChI is InChI=1S/C6H7NO9.2Al.6H/c8-3(9)1-6(5(12)13,2-4(10)11)16-7(14)15;;;;;;;;/h1-2H2,(H,8,9)(H,10,11)(H,12,13);;;;;;;;. The molecule has 0 bridgehead atoms. The Balaban J connectivity index is -0.00000112. The van der Waals surface area contributed by atoms with Crippen molar-refractivity contribution >= 4 is 52.6 Å². The minimum Gasteiger partial charge on any atom is -0.481 e. The van der Waals surface area contributed by atoms with Crippen LogP contribution in [0.2, 0.25) is 0 Å². The average molecular weight is 297 g/mol. The van der Waals surface area contributed by atoms with Gasteiger partial charge in [-0.15, -0.1) is 10.1 Å². The van der Waals surface area contributed by atoms with E-state index >= 15 is 0 Å². The summed E-state index contributed by atoms with van der Waals surface area (Å²) in [6.07, 6.45) is -2.68. The van der Waals surface area contributed by atoms with Gasteiger partial charge in [0.25, 0.3) is 5.09 Å². The molecule has 0 rings (SSSR count). The second-order valence-electron chi connectivity index (χ2n) is 2.76. The normalized spacial score (nSPS) is 9.33. The Morgan fingerprint density at radius 3 is 1.56 bits per heavy atom. The molecule has 10 nitrogen and oxygen atoms in total. The molecular formula is C6H13Al2NO9. The summed E-state index contributed by atoms with van der Waals surface area (Å²) in [5, 5.41) is 33.8. The van der Waals surface area contributed by atoms with Crippen molar-refractivity contribution in [2.75, 3.05) is 0 Å². The fraction of sp³-hybridized carbons (Fsp3) is 0.500. The van der Waals surface area contributed by atoms with Gasteiger partial charge in [0, 0.05) is 0 Å². The maximum atomic E-state index is 10.7. The van der Waals surface area contributed by atoms with Crippen molar-refractivity contribution < 1.29 is 39.6 Å². The van der Waals surface area contributed by atoms with Crippen molar-refractivity contribution in [3.8, 4) is 0 Å². The minimum absolute atomic E-state index is 0. The number of nitrogens with zero attached hydrogens (tertiary/aromatic N) is 1. The molecule has 0 fully saturated rings. The van der Waals surface area contributed by atoms with Crippen molar-refractivity contribution in [1.29, 1.82) is 0 Å². The predicted molar refractivity (Wildman–Crippen MR) is 62.8 cm³/mol. The van der Waals surface area contributed by atoms with Crippen LogP contribution in [-0.2, 0) is 19.2 Å². The zero-order valence-electron chi connectivity index (χ0n) is 7.65. The molecular weight excluding hydrogens is 284 g/mol. The maximum absolute atomic E-state index is 10.7. The Kier molecular flexibility index (Phi) is 10.6. The quantitative estimate of drug-likeness (QED) is 0.247. The lowest BCUT2D eigenvalue weighted by Crippen LogP contribution is -2.46. The van der Waals surface area contributed by atoms with E-state index in [1.807, 2.05) is 0 Å². The molecule has 0 atom stereocenters. The molecule has 3 N–H and O–H groups in total. The van der Waals surface area contributed by atoms with Crippen molar-refractivity contribution in [3.63, 3.8) is 0 Å². The van der Waals surface area contributed by atoms with Gasteiger partial charge >= 0.3 is 17.9 Å². The first-order valence-electron chi connectivity index (χ1n) is 3.70. The number of carbonyl (C=O) groups is 3. The summed E-state index contributed by atoms with van der Waals surface area (Å²) in [6.45, 7) is 0. The van der Waals surface area contributed by atoms with Gasteiger partial charge in [0.15, 0.2) is 34.7 Å². The molecule has 18 heavy (non-hydrogen) atoms. The van der Waals surface area contributed by atoms with E-state index in [0.29, 0.717) is 0 Å². The summed E-state index contributed by atoms with van der Waals surface area (Å²) >= 11 is 0. The van der Waals surface area contributed by atoms with Crippen LogP contribution < -0.4 is 0 Å². The monoisotopic (exact) mass is 297 g/mol. The van der Waals surface area contributed by atoms with E-state index in [-0.39, 0.29) is 34.7 Å². The molecule has 12 heteroatoms. The molecule has 0 aromatic rings. The number of carboxylic acids is 3. The highest BCUT2D eigenvalue weighted by atomic mass is 27.0. The van der Waals surface area contributed by atoms with Crippen LogP contribution in [0.4, 0.5) is 0 Å². The van der Waals surface area contributed by atoms with Crippen LogP contribution in [0.25, 0.3) is 0 Å². The number of aliphatic carboxylic acids is 3. The summed E-state index contributed by atoms with van der Waals surface area (Å²) in [6, 6.07) is 0. The SMILES string of the molecule is O=C(O)CC(CC(=O)O)(O[N+](=O)[O-])C(=O)O.[AlH3].[AlH3]. The predicted octanol–water partition coefficient (Wildman–Crippen LogP) is -3.40. The maximum Gasteiger partial charge on any atom is 0.337 e. The molecule has 0 radical (unpaired) electrons. The molecule has 0 aliphatic heterocycles. The van der Waals surface area contributed by atoms with Crippen molar-refractivity contribution in [2.24, 2.45) is 0 Å². The van der Waals surface area contributed by atoms with E-state index in [9.17, 15) is 24.5 Å². The summed E-state index contributed by atoms with van der Waals surface area (Å²) in [5.74, 6) is -5.50. The van der Waals surface area contributed by atoms with Gasteiger partial charge in [-0.2, -0.15) is 0 Å². The number of rotatable bonds is 7. The van der Waals surface area contributed by atoms with Crippen LogP contribution in [0.5, 0.6) is 0 Å². The third-order valence-corrected chi connectivity index (χ3v) is 1.51. The van der Waals surface area contributed by atoms with E-state index in [1.54, 1.807) is 0 Å². The van der Waals surface area contributed by atoms with Crippen LogP contribution in [-0.4, -0.2) is 78.6 Å². The van der Waals surface area contributed by atoms with E-state index in [2.05, 4.69) is 4.84 Å². The zero-order valence-corrected chi connectivity index (χ0v) is 7.65. The first-order valence-corrected chi connectivity index (χ1v) is 3.70. The molecule has 102 valence electrons. The first-order chi connectivity index (χ1) is 7.19. The topological polar surface area (TPSA) is 164 Å². The molecule has 0 saturated heterocycles. The highest BCUT2D eigenvalue weighted by Gasteiger charge is 2.47. The van der Waals surface area contributed by atoms with Crippen LogP contribution in [0.15, 0.2) is 0 Å². The van der Waals surface area contributed by atoms with Crippen LogP contribution in [0, 0.1) is 10.1 Å². The minimum atomic E-state index is -2.92. The van der Waals surface area contributed by atoms with Crippen molar-refractivity contribution in [1.82, 2.24) is 0 Å². The number of hydrogen-bond acceptors (Lipinski definition) is 6. The summed E-state index contributed by atoms with van der Waals surface area (Å²) in [4.78, 5) is 45.0. The lowest BCUT2D eigenvalue weighted by molar-refractivity contribution is -0.776. The Labute approximate surface area is 121 Å².